The smallest absolute Gasteiger partial charge is 0.231 e. The first-order valence-corrected chi connectivity index (χ1v) is 7.54. The van der Waals surface area contributed by atoms with Crippen molar-refractivity contribution < 1.29 is 14.1 Å². The Morgan fingerprint density at radius 2 is 2.17 bits per heavy atom. The summed E-state index contributed by atoms with van der Waals surface area (Å²) in [5, 5.41) is 6.65. The van der Waals surface area contributed by atoms with Crippen molar-refractivity contribution >= 4 is 11.8 Å². The van der Waals surface area contributed by atoms with Crippen LogP contribution in [-0.2, 0) is 11.2 Å². The van der Waals surface area contributed by atoms with Gasteiger partial charge in [-0.25, -0.2) is 0 Å². The second kappa shape index (κ2) is 7.41. The number of hydrogen-bond donors (Lipinski definition) is 1. The number of anilines is 1. The van der Waals surface area contributed by atoms with E-state index in [0.29, 0.717) is 24.4 Å². The molecule has 0 aliphatic carbocycles. The molecular weight excluding hydrogens is 306 g/mol. The molecule has 3 rings (SSSR count). The highest BCUT2D eigenvalue weighted by Gasteiger charge is 2.10. The average Bonchev–Trinajstić information content (AvgIpc) is 3.09. The molecule has 6 nitrogen and oxygen atoms in total. The Kier molecular flexibility index (Phi) is 4.86. The van der Waals surface area contributed by atoms with E-state index in [9.17, 15) is 4.79 Å². The number of nitrogens with one attached hydrogen (secondary N) is 1. The lowest BCUT2D eigenvalue weighted by Gasteiger charge is -2.04. The topological polar surface area (TPSA) is 77.2 Å². The third kappa shape index (κ3) is 3.98. The molecule has 1 aromatic carbocycles. The van der Waals surface area contributed by atoms with Crippen LogP contribution in [0.2, 0.25) is 0 Å². The highest BCUT2D eigenvalue weighted by molar-refractivity contribution is 5.89. The van der Waals surface area contributed by atoms with E-state index in [1.165, 1.54) is 0 Å². The van der Waals surface area contributed by atoms with Crippen LogP contribution >= 0.6 is 0 Å². The molecule has 0 unspecified atom stereocenters. The molecule has 0 bridgehead atoms. The Hall–Kier alpha value is -3.15. The molecule has 0 fully saturated rings. The van der Waals surface area contributed by atoms with Gasteiger partial charge in [0.25, 0.3) is 0 Å². The molecule has 0 aliphatic heterocycles. The summed E-state index contributed by atoms with van der Waals surface area (Å²) < 4.78 is 10.3. The number of carbonyl (C=O) groups excluding carboxylic acids is 1. The normalized spacial score (nSPS) is 10.4. The Labute approximate surface area is 139 Å². The molecular formula is C18H17N3O3. The number of methoxy groups -OCH3 is 1. The van der Waals surface area contributed by atoms with Gasteiger partial charge in [-0.2, -0.15) is 0 Å². The van der Waals surface area contributed by atoms with Crippen molar-refractivity contribution in [2.24, 2.45) is 0 Å². The number of pyridine rings is 1. The summed E-state index contributed by atoms with van der Waals surface area (Å²) in [6.07, 6.45) is 4.33. The number of ether oxygens (including phenoxy) is 1. The van der Waals surface area contributed by atoms with Crippen molar-refractivity contribution in [3.63, 3.8) is 0 Å². The lowest BCUT2D eigenvalue weighted by atomic mass is 10.1. The quantitative estimate of drug-likeness (QED) is 0.753. The van der Waals surface area contributed by atoms with E-state index in [1.54, 1.807) is 25.6 Å². The SMILES string of the molecule is COc1cccc(CCC(=O)Nc2cc(-c3cccnc3)no2)c1. The van der Waals surface area contributed by atoms with Crippen LogP contribution in [0.4, 0.5) is 5.88 Å². The second-order valence-corrected chi connectivity index (χ2v) is 5.22. The summed E-state index contributed by atoms with van der Waals surface area (Å²) in [5.41, 5.74) is 2.50. The molecule has 0 atom stereocenters. The molecule has 1 N–H and O–H groups in total. The Morgan fingerprint density at radius 3 is 2.96 bits per heavy atom. The number of aromatic nitrogens is 2. The summed E-state index contributed by atoms with van der Waals surface area (Å²) in [6.45, 7) is 0. The number of aryl methyl sites for hydroxylation is 1. The molecule has 0 radical (unpaired) electrons. The molecule has 0 aliphatic rings. The number of hydrogen-bond acceptors (Lipinski definition) is 5. The molecule has 0 saturated carbocycles. The number of benzene rings is 1. The van der Waals surface area contributed by atoms with Crippen molar-refractivity contribution in [1.29, 1.82) is 0 Å². The van der Waals surface area contributed by atoms with E-state index in [1.807, 2.05) is 36.4 Å². The van der Waals surface area contributed by atoms with Crippen molar-refractivity contribution in [2.45, 2.75) is 12.8 Å². The van der Waals surface area contributed by atoms with E-state index in [2.05, 4.69) is 15.5 Å². The third-order valence-electron chi connectivity index (χ3n) is 3.50. The van der Waals surface area contributed by atoms with Gasteiger partial charge in [-0.1, -0.05) is 17.3 Å². The third-order valence-corrected chi connectivity index (χ3v) is 3.50. The molecule has 0 spiro atoms. The van der Waals surface area contributed by atoms with Crippen LogP contribution in [0.3, 0.4) is 0 Å². The molecule has 3 aromatic rings. The van der Waals surface area contributed by atoms with Crippen LogP contribution in [0.5, 0.6) is 5.75 Å². The fourth-order valence-electron chi connectivity index (χ4n) is 2.27. The fourth-order valence-corrected chi connectivity index (χ4v) is 2.27. The van der Waals surface area contributed by atoms with Gasteiger partial charge >= 0.3 is 0 Å². The standard InChI is InChI=1S/C18H17N3O3/c1-23-15-6-2-4-13(10-15)7-8-17(22)20-18-11-16(21-24-18)14-5-3-9-19-12-14/h2-6,9-12H,7-8H2,1H3,(H,20,22). The fraction of sp³-hybridized carbons (Fsp3) is 0.167. The Bertz CT molecular complexity index is 815. The molecule has 1 amide bonds. The maximum atomic E-state index is 12.0. The van der Waals surface area contributed by atoms with E-state index in [4.69, 9.17) is 9.26 Å². The van der Waals surface area contributed by atoms with Crippen molar-refractivity contribution in [2.75, 3.05) is 12.4 Å². The average molecular weight is 323 g/mol. The highest BCUT2D eigenvalue weighted by Crippen LogP contribution is 2.21. The minimum atomic E-state index is -0.133. The molecule has 6 heteroatoms. The minimum absolute atomic E-state index is 0.133. The molecule has 2 aromatic heterocycles. The van der Waals surface area contributed by atoms with E-state index >= 15 is 0 Å². The van der Waals surface area contributed by atoms with Crippen molar-refractivity contribution in [3.8, 4) is 17.0 Å². The van der Waals surface area contributed by atoms with Crippen LogP contribution in [0.1, 0.15) is 12.0 Å². The van der Waals surface area contributed by atoms with E-state index in [-0.39, 0.29) is 5.91 Å². The first-order chi connectivity index (χ1) is 11.7. The molecule has 24 heavy (non-hydrogen) atoms. The largest absolute Gasteiger partial charge is 0.497 e. The first-order valence-electron chi connectivity index (χ1n) is 7.54. The van der Waals surface area contributed by atoms with Crippen molar-refractivity contribution in [3.05, 3.63) is 60.4 Å². The van der Waals surface area contributed by atoms with Gasteiger partial charge < -0.3 is 9.26 Å². The summed E-state index contributed by atoms with van der Waals surface area (Å²) in [7, 11) is 1.62. The Balaban J connectivity index is 1.56. The zero-order valence-corrected chi connectivity index (χ0v) is 13.2. The van der Waals surface area contributed by atoms with Crippen molar-refractivity contribution in [1.82, 2.24) is 10.1 Å². The van der Waals surface area contributed by atoms with E-state index in [0.717, 1.165) is 16.9 Å². The van der Waals surface area contributed by atoms with Gasteiger partial charge in [-0.15, -0.1) is 0 Å². The number of rotatable bonds is 6. The van der Waals surface area contributed by atoms with E-state index < -0.39 is 0 Å². The minimum Gasteiger partial charge on any atom is -0.497 e. The van der Waals surface area contributed by atoms with Crippen LogP contribution in [0.15, 0.2) is 59.4 Å². The molecule has 122 valence electrons. The van der Waals surface area contributed by atoms with Gasteiger partial charge in [-0.3, -0.25) is 15.1 Å². The molecule has 2 heterocycles. The van der Waals surface area contributed by atoms with Gasteiger partial charge in [0.2, 0.25) is 11.8 Å². The predicted octanol–water partition coefficient (Wildman–Crippen LogP) is 3.32. The zero-order chi connectivity index (χ0) is 16.8. The summed E-state index contributed by atoms with van der Waals surface area (Å²) in [5.74, 6) is 0.973. The van der Waals surface area contributed by atoms with Gasteiger partial charge in [0.1, 0.15) is 11.4 Å². The lowest BCUT2D eigenvalue weighted by molar-refractivity contribution is -0.116. The zero-order valence-electron chi connectivity index (χ0n) is 13.2. The second-order valence-electron chi connectivity index (χ2n) is 5.22. The predicted molar refractivity (Wildman–Crippen MR) is 89.7 cm³/mol. The maximum Gasteiger partial charge on any atom is 0.231 e. The number of nitrogens with zero attached hydrogens (tertiary/aromatic N) is 2. The van der Waals surface area contributed by atoms with Gasteiger partial charge in [0.15, 0.2) is 0 Å². The van der Waals surface area contributed by atoms with Gasteiger partial charge in [0, 0.05) is 30.4 Å². The van der Waals surface area contributed by atoms with Gasteiger partial charge in [0.05, 0.1) is 7.11 Å². The summed E-state index contributed by atoms with van der Waals surface area (Å²) in [4.78, 5) is 16.1. The highest BCUT2D eigenvalue weighted by atomic mass is 16.5. The van der Waals surface area contributed by atoms with Gasteiger partial charge in [-0.05, 0) is 36.2 Å². The van der Waals surface area contributed by atoms with Crippen LogP contribution in [0.25, 0.3) is 11.3 Å². The monoisotopic (exact) mass is 323 g/mol. The molecule has 0 saturated heterocycles. The number of carbonyl (C=O) groups is 1. The summed E-state index contributed by atoms with van der Waals surface area (Å²) in [6, 6.07) is 13.0. The Morgan fingerprint density at radius 1 is 1.25 bits per heavy atom. The van der Waals surface area contributed by atoms with Crippen LogP contribution in [-0.4, -0.2) is 23.2 Å². The first kappa shape index (κ1) is 15.7. The number of amides is 1. The van der Waals surface area contributed by atoms with Crippen LogP contribution < -0.4 is 10.1 Å². The summed E-state index contributed by atoms with van der Waals surface area (Å²) >= 11 is 0. The van der Waals surface area contributed by atoms with Crippen LogP contribution in [0, 0.1) is 0 Å². The maximum absolute atomic E-state index is 12.0. The lowest BCUT2D eigenvalue weighted by Crippen LogP contribution is -2.11.